The summed E-state index contributed by atoms with van der Waals surface area (Å²) in [5, 5.41) is 4.26. The third kappa shape index (κ3) is 3.19. The number of halogens is 1. The molecule has 0 fully saturated rings. The number of fused-ring (bicyclic) bond motifs is 1. The monoisotopic (exact) mass is 366 g/mol. The number of aromatic nitrogens is 3. The summed E-state index contributed by atoms with van der Waals surface area (Å²) in [5.41, 5.74) is 1.55. The fourth-order valence-corrected chi connectivity index (χ4v) is 2.90. The van der Waals surface area contributed by atoms with Gasteiger partial charge < -0.3 is 9.73 Å². The maximum absolute atomic E-state index is 12.4. The van der Waals surface area contributed by atoms with Crippen molar-refractivity contribution in [1.29, 1.82) is 0 Å². The molecule has 0 spiro atoms. The Labute approximate surface area is 154 Å². The normalized spacial score (nSPS) is 11.0. The quantitative estimate of drug-likeness (QED) is 0.594. The van der Waals surface area contributed by atoms with Crippen LogP contribution < -0.4 is 5.32 Å². The maximum Gasteiger partial charge on any atom is 0.287 e. The molecular formula is C19H15ClN4O2. The number of furan rings is 1. The molecule has 0 aliphatic carbocycles. The zero-order valence-electron chi connectivity index (χ0n) is 13.9. The first-order chi connectivity index (χ1) is 12.6. The molecule has 130 valence electrons. The highest BCUT2D eigenvalue weighted by molar-refractivity contribution is 6.31. The minimum atomic E-state index is -0.283. The average Bonchev–Trinajstić information content (AvgIpc) is 3.25. The van der Waals surface area contributed by atoms with Crippen LogP contribution in [0, 0.1) is 6.92 Å². The fourth-order valence-electron chi connectivity index (χ4n) is 2.72. The Morgan fingerprint density at radius 3 is 2.88 bits per heavy atom. The molecule has 1 N–H and O–H groups in total. The maximum atomic E-state index is 12.4. The second kappa shape index (κ2) is 6.65. The van der Waals surface area contributed by atoms with Gasteiger partial charge in [0.15, 0.2) is 5.76 Å². The number of rotatable bonds is 4. The van der Waals surface area contributed by atoms with Gasteiger partial charge in [-0.25, -0.2) is 9.97 Å². The van der Waals surface area contributed by atoms with Gasteiger partial charge in [-0.15, -0.1) is 0 Å². The predicted molar refractivity (Wildman–Crippen MR) is 98.5 cm³/mol. The van der Waals surface area contributed by atoms with Crippen molar-refractivity contribution in [3.63, 3.8) is 0 Å². The predicted octanol–water partition coefficient (Wildman–Crippen LogP) is 3.91. The zero-order chi connectivity index (χ0) is 18.1. The Kier molecular flexibility index (Phi) is 4.18. The number of benzene rings is 1. The van der Waals surface area contributed by atoms with Crippen molar-refractivity contribution in [2.45, 2.75) is 13.5 Å². The summed E-state index contributed by atoms with van der Waals surface area (Å²) in [6.07, 6.45) is 5.28. The largest absolute Gasteiger partial charge is 0.451 e. The molecule has 0 aliphatic rings. The summed E-state index contributed by atoms with van der Waals surface area (Å²) in [4.78, 5) is 20.9. The molecule has 6 nitrogen and oxygen atoms in total. The first-order valence-electron chi connectivity index (χ1n) is 8.03. The van der Waals surface area contributed by atoms with Gasteiger partial charge in [0.25, 0.3) is 5.91 Å². The lowest BCUT2D eigenvalue weighted by molar-refractivity contribution is 0.0925. The molecule has 0 radical (unpaired) electrons. The highest BCUT2D eigenvalue weighted by Crippen LogP contribution is 2.23. The van der Waals surface area contributed by atoms with Crippen LogP contribution in [0.5, 0.6) is 0 Å². The van der Waals surface area contributed by atoms with E-state index in [-0.39, 0.29) is 11.7 Å². The number of imidazole rings is 1. The van der Waals surface area contributed by atoms with Crippen molar-refractivity contribution < 1.29 is 9.21 Å². The van der Waals surface area contributed by atoms with Crippen LogP contribution in [0.3, 0.4) is 0 Å². The van der Waals surface area contributed by atoms with E-state index in [1.807, 2.05) is 29.8 Å². The molecular weight excluding hydrogens is 352 g/mol. The lowest BCUT2D eigenvalue weighted by Gasteiger charge is -2.07. The number of hydrogen-bond donors (Lipinski definition) is 1. The first kappa shape index (κ1) is 16.4. The molecule has 7 heteroatoms. The van der Waals surface area contributed by atoms with Crippen LogP contribution >= 0.6 is 11.6 Å². The van der Waals surface area contributed by atoms with Gasteiger partial charge >= 0.3 is 0 Å². The van der Waals surface area contributed by atoms with Gasteiger partial charge in [0, 0.05) is 35.5 Å². The minimum absolute atomic E-state index is 0.252. The van der Waals surface area contributed by atoms with Crippen LogP contribution in [0.4, 0.5) is 0 Å². The van der Waals surface area contributed by atoms with Crippen LogP contribution in [0.2, 0.25) is 5.02 Å². The van der Waals surface area contributed by atoms with E-state index in [9.17, 15) is 4.79 Å². The number of hydrogen-bond acceptors (Lipinski definition) is 4. The van der Waals surface area contributed by atoms with E-state index in [4.69, 9.17) is 16.0 Å². The van der Waals surface area contributed by atoms with E-state index in [1.54, 1.807) is 36.7 Å². The summed E-state index contributed by atoms with van der Waals surface area (Å²) >= 11 is 5.96. The summed E-state index contributed by atoms with van der Waals surface area (Å²) in [7, 11) is 0. The summed E-state index contributed by atoms with van der Waals surface area (Å²) in [6.45, 7) is 2.27. The van der Waals surface area contributed by atoms with Crippen LogP contribution in [0.15, 0.2) is 59.4 Å². The van der Waals surface area contributed by atoms with E-state index in [1.165, 1.54) is 0 Å². The Bertz CT molecular complexity index is 1100. The first-order valence-corrected chi connectivity index (χ1v) is 8.40. The molecule has 3 heterocycles. The molecule has 3 aromatic heterocycles. The van der Waals surface area contributed by atoms with Gasteiger partial charge in [0.05, 0.1) is 0 Å². The Morgan fingerprint density at radius 2 is 2.08 bits per heavy atom. The molecule has 0 atom stereocenters. The Morgan fingerprint density at radius 1 is 1.19 bits per heavy atom. The number of carbonyl (C=O) groups is 1. The molecule has 0 unspecified atom stereocenters. The SMILES string of the molecule is Cc1nccn1-c1cc(CNC(=O)c2cc3cc(Cl)ccc3o2)ccn1. The molecule has 0 saturated heterocycles. The van der Waals surface area contributed by atoms with Crippen LogP contribution in [0.25, 0.3) is 16.8 Å². The number of carbonyl (C=O) groups excluding carboxylic acids is 1. The van der Waals surface area contributed by atoms with E-state index in [0.29, 0.717) is 17.2 Å². The average molecular weight is 367 g/mol. The summed E-state index contributed by atoms with van der Waals surface area (Å²) < 4.78 is 7.46. The third-order valence-corrected chi connectivity index (χ3v) is 4.27. The highest BCUT2D eigenvalue weighted by Gasteiger charge is 2.12. The number of amides is 1. The number of nitrogens with one attached hydrogen (secondary N) is 1. The molecule has 26 heavy (non-hydrogen) atoms. The van der Waals surface area contributed by atoms with E-state index >= 15 is 0 Å². The highest BCUT2D eigenvalue weighted by atomic mass is 35.5. The topological polar surface area (TPSA) is 73.0 Å². The fraction of sp³-hybridized carbons (Fsp3) is 0.105. The summed E-state index contributed by atoms with van der Waals surface area (Å²) in [6, 6.07) is 10.7. The number of nitrogens with zero attached hydrogens (tertiary/aromatic N) is 3. The Balaban J connectivity index is 1.49. The van der Waals surface area contributed by atoms with Crippen LogP contribution in [-0.2, 0) is 6.54 Å². The van der Waals surface area contributed by atoms with Gasteiger partial charge in [0.1, 0.15) is 17.2 Å². The number of aryl methyl sites for hydroxylation is 1. The van der Waals surface area contributed by atoms with Crippen molar-refractivity contribution in [3.05, 3.63) is 77.2 Å². The molecule has 1 aromatic carbocycles. The van der Waals surface area contributed by atoms with E-state index in [0.717, 1.165) is 22.6 Å². The van der Waals surface area contributed by atoms with Crippen molar-refractivity contribution in [2.75, 3.05) is 0 Å². The number of pyridine rings is 1. The van der Waals surface area contributed by atoms with Gasteiger partial charge in [-0.1, -0.05) is 11.6 Å². The van der Waals surface area contributed by atoms with Crippen molar-refractivity contribution >= 4 is 28.5 Å². The van der Waals surface area contributed by atoms with Gasteiger partial charge in [-0.05, 0) is 48.9 Å². The second-order valence-electron chi connectivity index (χ2n) is 5.84. The lowest BCUT2D eigenvalue weighted by Crippen LogP contribution is -2.22. The van der Waals surface area contributed by atoms with Crippen LogP contribution in [-0.4, -0.2) is 20.4 Å². The molecule has 4 rings (SSSR count). The molecule has 0 bridgehead atoms. The lowest BCUT2D eigenvalue weighted by atomic mass is 10.2. The van der Waals surface area contributed by atoms with Gasteiger partial charge in [0.2, 0.25) is 0 Å². The van der Waals surface area contributed by atoms with Crippen LogP contribution in [0.1, 0.15) is 21.9 Å². The van der Waals surface area contributed by atoms with Crippen molar-refractivity contribution in [1.82, 2.24) is 19.9 Å². The molecule has 0 saturated carbocycles. The summed E-state index contributed by atoms with van der Waals surface area (Å²) in [5.74, 6) is 1.57. The van der Waals surface area contributed by atoms with Crippen molar-refractivity contribution in [2.24, 2.45) is 0 Å². The smallest absolute Gasteiger partial charge is 0.287 e. The minimum Gasteiger partial charge on any atom is -0.451 e. The molecule has 0 aliphatic heterocycles. The standard InChI is InChI=1S/C19H15ClN4O2/c1-12-21-6-7-24(12)18-8-13(4-5-22-18)11-23-19(25)17-10-14-9-15(20)2-3-16(14)26-17/h2-10H,11H2,1H3,(H,23,25). The molecule has 1 amide bonds. The van der Waals surface area contributed by atoms with E-state index in [2.05, 4.69) is 15.3 Å². The van der Waals surface area contributed by atoms with Gasteiger partial charge in [-0.3, -0.25) is 9.36 Å². The van der Waals surface area contributed by atoms with Crippen molar-refractivity contribution in [3.8, 4) is 5.82 Å². The zero-order valence-corrected chi connectivity index (χ0v) is 14.7. The Hall–Kier alpha value is -3.12. The van der Waals surface area contributed by atoms with Gasteiger partial charge in [-0.2, -0.15) is 0 Å². The second-order valence-corrected chi connectivity index (χ2v) is 6.28. The van der Waals surface area contributed by atoms with E-state index < -0.39 is 0 Å². The molecule has 4 aromatic rings. The third-order valence-electron chi connectivity index (χ3n) is 4.04.